The van der Waals surface area contributed by atoms with Crippen molar-refractivity contribution in [2.24, 2.45) is 5.41 Å². The van der Waals surface area contributed by atoms with E-state index in [0.29, 0.717) is 40.8 Å². The Morgan fingerprint density at radius 3 is 2.63 bits per heavy atom. The predicted octanol–water partition coefficient (Wildman–Crippen LogP) is 4.16. The number of pyridine rings is 3. The van der Waals surface area contributed by atoms with Crippen LogP contribution in [-0.2, 0) is 0 Å². The second kappa shape index (κ2) is 9.01. The summed E-state index contributed by atoms with van der Waals surface area (Å²) in [4.78, 5) is 25.2. The zero-order chi connectivity index (χ0) is 21.6. The SMILES string of the molecule is CC(C)(C)COc1ccncc1NC(=O)c1ccnc(Nc2ccc(C#N)cn2)c1. The molecule has 0 saturated carbocycles. The molecule has 0 bridgehead atoms. The number of nitriles is 1. The van der Waals surface area contributed by atoms with Gasteiger partial charge in [-0.1, -0.05) is 20.8 Å². The van der Waals surface area contributed by atoms with Crippen LogP contribution in [0.4, 0.5) is 17.3 Å². The van der Waals surface area contributed by atoms with Crippen molar-refractivity contribution in [2.75, 3.05) is 17.2 Å². The molecule has 152 valence electrons. The highest BCUT2D eigenvalue weighted by Gasteiger charge is 2.15. The van der Waals surface area contributed by atoms with Crippen LogP contribution in [0.25, 0.3) is 0 Å². The van der Waals surface area contributed by atoms with Crippen LogP contribution in [-0.4, -0.2) is 27.5 Å². The standard InChI is InChI=1S/C22H22N6O2/c1-22(2,3)14-30-18-7-8-24-13-17(18)27-21(29)16-6-9-25-20(10-16)28-19-5-4-15(11-23)12-26-19/h4-10,12-13H,14H2,1-3H3,(H,27,29)(H,25,26,28). The Hall–Kier alpha value is -3.99. The van der Waals surface area contributed by atoms with Crippen molar-refractivity contribution in [1.29, 1.82) is 5.26 Å². The fraction of sp³-hybridized carbons (Fsp3) is 0.227. The van der Waals surface area contributed by atoms with Crippen molar-refractivity contribution in [3.05, 3.63) is 66.2 Å². The quantitative estimate of drug-likeness (QED) is 0.636. The Morgan fingerprint density at radius 2 is 1.93 bits per heavy atom. The number of ether oxygens (including phenoxy) is 1. The maximum atomic E-state index is 12.8. The van der Waals surface area contributed by atoms with E-state index in [1.807, 2.05) is 6.07 Å². The maximum absolute atomic E-state index is 12.8. The Labute approximate surface area is 175 Å². The molecule has 0 aliphatic carbocycles. The average Bonchev–Trinajstić information content (AvgIpc) is 2.73. The second-order valence-corrected chi connectivity index (χ2v) is 7.77. The van der Waals surface area contributed by atoms with Gasteiger partial charge in [-0.2, -0.15) is 5.26 Å². The number of nitrogens with zero attached hydrogens (tertiary/aromatic N) is 4. The average molecular weight is 402 g/mol. The van der Waals surface area contributed by atoms with Gasteiger partial charge < -0.3 is 15.4 Å². The molecule has 0 atom stereocenters. The smallest absolute Gasteiger partial charge is 0.255 e. The first-order valence-electron chi connectivity index (χ1n) is 9.31. The fourth-order valence-electron chi connectivity index (χ4n) is 2.40. The van der Waals surface area contributed by atoms with Crippen LogP contribution in [0.5, 0.6) is 5.75 Å². The van der Waals surface area contributed by atoms with Crippen molar-refractivity contribution in [3.8, 4) is 11.8 Å². The number of carbonyl (C=O) groups is 1. The molecular formula is C22H22N6O2. The van der Waals surface area contributed by atoms with Gasteiger partial charge >= 0.3 is 0 Å². The summed E-state index contributed by atoms with van der Waals surface area (Å²) in [6.07, 6.45) is 6.16. The van der Waals surface area contributed by atoms with Gasteiger partial charge in [-0.3, -0.25) is 9.78 Å². The number of anilines is 3. The van der Waals surface area contributed by atoms with Gasteiger partial charge in [0, 0.05) is 30.2 Å². The molecule has 0 aliphatic heterocycles. The molecule has 2 N–H and O–H groups in total. The molecule has 3 rings (SSSR count). The summed E-state index contributed by atoms with van der Waals surface area (Å²) in [6, 6.07) is 10.3. The van der Waals surface area contributed by atoms with Crippen LogP contribution >= 0.6 is 0 Å². The summed E-state index contributed by atoms with van der Waals surface area (Å²) >= 11 is 0. The molecule has 8 nitrogen and oxygen atoms in total. The molecule has 0 fully saturated rings. The summed E-state index contributed by atoms with van der Waals surface area (Å²) in [6.45, 7) is 6.71. The summed E-state index contributed by atoms with van der Waals surface area (Å²) < 4.78 is 5.85. The molecule has 3 aromatic rings. The highest BCUT2D eigenvalue weighted by Crippen LogP contribution is 2.26. The lowest BCUT2D eigenvalue weighted by atomic mass is 9.99. The minimum absolute atomic E-state index is 0.0182. The summed E-state index contributed by atoms with van der Waals surface area (Å²) in [5.41, 5.74) is 1.34. The molecule has 0 unspecified atom stereocenters. The Morgan fingerprint density at radius 1 is 1.10 bits per heavy atom. The lowest BCUT2D eigenvalue weighted by molar-refractivity contribution is 0.102. The van der Waals surface area contributed by atoms with E-state index in [2.05, 4.69) is 46.4 Å². The van der Waals surface area contributed by atoms with E-state index in [0.717, 1.165) is 0 Å². The zero-order valence-electron chi connectivity index (χ0n) is 17.0. The van der Waals surface area contributed by atoms with E-state index < -0.39 is 0 Å². The van der Waals surface area contributed by atoms with Crippen LogP contribution in [0, 0.1) is 16.7 Å². The van der Waals surface area contributed by atoms with E-state index in [1.54, 1.807) is 42.7 Å². The first kappa shape index (κ1) is 20.7. The molecule has 8 heteroatoms. The zero-order valence-corrected chi connectivity index (χ0v) is 17.0. The van der Waals surface area contributed by atoms with Crippen LogP contribution in [0.15, 0.2) is 55.1 Å². The molecule has 0 radical (unpaired) electrons. The van der Waals surface area contributed by atoms with Gasteiger partial charge in [0.05, 0.1) is 18.4 Å². The van der Waals surface area contributed by atoms with E-state index in [4.69, 9.17) is 10.00 Å². The topological polar surface area (TPSA) is 113 Å². The highest BCUT2D eigenvalue weighted by molar-refractivity contribution is 6.05. The lowest BCUT2D eigenvalue weighted by Crippen LogP contribution is -2.18. The van der Waals surface area contributed by atoms with Gasteiger partial charge in [-0.05, 0) is 29.7 Å². The number of carbonyl (C=O) groups excluding carboxylic acids is 1. The molecule has 0 aromatic carbocycles. The largest absolute Gasteiger partial charge is 0.491 e. The molecule has 0 spiro atoms. The molecule has 30 heavy (non-hydrogen) atoms. The van der Waals surface area contributed by atoms with Crippen molar-refractivity contribution in [2.45, 2.75) is 20.8 Å². The third-order valence-corrected chi connectivity index (χ3v) is 3.86. The number of rotatable bonds is 6. The lowest BCUT2D eigenvalue weighted by Gasteiger charge is -2.20. The number of hydrogen-bond acceptors (Lipinski definition) is 7. The van der Waals surface area contributed by atoms with Crippen LogP contribution < -0.4 is 15.4 Å². The van der Waals surface area contributed by atoms with E-state index in [-0.39, 0.29) is 11.3 Å². The second-order valence-electron chi connectivity index (χ2n) is 7.77. The maximum Gasteiger partial charge on any atom is 0.255 e. The Kier molecular flexibility index (Phi) is 6.23. The summed E-state index contributed by atoms with van der Waals surface area (Å²) in [7, 11) is 0. The van der Waals surface area contributed by atoms with E-state index in [1.165, 1.54) is 12.4 Å². The minimum atomic E-state index is -0.318. The van der Waals surface area contributed by atoms with Crippen molar-refractivity contribution >= 4 is 23.2 Å². The van der Waals surface area contributed by atoms with E-state index >= 15 is 0 Å². The molecule has 3 heterocycles. The van der Waals surface area contributed by atoms with Gasteiger partial charge in [-0.15, -0.1) is 0 Å². The van der Waals surface area contributed by atoms with Crippen LogP contribution in [0.2, 0.25) is 0 Å². The molecule has 1 amide bonds. The normalized spacial score (nSPS) is 10.7. The van der Waals surface area contributed by atoms with Gasteiger partial charge in [-0.25, -0.2) is 9.97 Å². The van der Waals surface area contributed by atoms with Gasteiger partial charge in [0.15, 0.2) is 0 Å². The monoisotopic (exact) mass is 402 g/mol. The van der Waals surface area contributed by atoms with Gasteiger partial charge in [0.1, 0.15) is 29.1 Å². The van der Waals surface area contributed by atoms with Crippen LogP contribution in [0.1, 0.15) is 36.7 Å². The fourth-order valence-corrected chi connectivity index (χ4v) is 2.40. The molecule has 0 saturated heterocycles. The van der Waals surface area contributed by atoms with Gasteiger partial charge in [0.25, 0.3) is 5.91 Å². The number of hydrogen-bond donors (Lipinski definition) is 2. The van der Waals surface area contributed by atoms with Crippen LogP contribution in [0.3, 0.4) is 0 Å². The Bertz CT molecular complexity index is 1070. The van der Waals surface area contributed by atoms with Gasteiger partial charge in [0.2, 0.25) is 0 Å². The molecule has 0 aliphatic rings. The van der Waals surface area contributed by atoms with Crippen molar-refractivity contribution in [1.82, 2.24) is 15.0 Å². The van der Waals surface area contributed by atoms with E-state index in [9.17, 15) is 4.79 Å². The highest BCUT2D eigenvalue weighted by atomic mass is 16.5. The first-order chi connectivity index (χ1) is 14.3. The predicted molar refractivity (Wildman–Crippen MR) is 114 cm³/mol. The van der Waals surface area contributed by atoms with Crippen molar-refractivity contribution < 1.29 is 9.53 Å². The first-order valence-corrected chi connectivity index (χ1v) is 9.31. The number of aromatic nitrogens is 3. The van der Waals surface area contributed by atoms with Crippen molar-refractivity contribution in [3.63, 3.8) is 0 Å². The minimum Gasteiger partial charge on any atom is -0.491 e. The molecular weight excluding hydrogens is 380 g/mol. The molecule has 3 aromatic heterocycles. The number of nitrogens with one attached hydrogen (secondary N) is 2. The third-order valence-electron chi connectivity index (χ3n) is 3.86. The number of amides is 1. The Balaban J connectivity index is 1.72. The third kappa shape index (κ3) is 5.75. The summed E-state index contributed by atoms with van der Waals surface area (Å²) in [5.74, 6) is 1.21. The summed E-state index contributed by atoms with van der Waals surface area (Å²) in [5, 5.41) is 14.7.